The van der Waals surface area contributed by atoms with Crippen LogP contribution in [0.2, 0.25) is 0 Å². The van der Waals surface area contributed by atoms with E-state index in [2.05, 4.69) is 25.2 Å². The van der Waals surface area contributed by atoms with Crippen LogP contribution in [0.3, 0.4) is 0 Å². The molecule has 0 spiro atoms. The molecule has 1 aliphatic heterocycles. The van der Waals surface area contributed by atoms with Gasteiger partial charge in [-0.15, -0.1) is 0 Å². The third-order valence-corrected chi connectivity index (χ3v) is 7.42. The Labute approximate surface area is 229 Å². The van der Waals surface area contributed by atoms with Crippen molar-refractivity contribution in [3.63, 3.8) is 0 Å². The van der Waals surface area contributed by atoms with E-state index in [1.54, 1.807) is 20.5 Å². The van der Waals surface area contributed by atoms with Crippen LogP contribution in [0.25, 0.3) is 0 Å². The minimum atomic E-state index is -0.764. The second-order valence-corrected chi connectivity index (χ2v) is 11.1. The molecule has 216 valence electrons. The lowest BCUT2D eigenvalue weighted by atomic mass is 9.81. The second-order valence-electron chi connectivity index (χ2n) is 11.1. The second kappa shape index (κ2) is 16.6. The van der Waals surface area contributed by atoms with Crippen LogP contribution in [0.1, 0.15) is 52.5 Å². The fraction of sp³-hybridized carbons (Fsp3) is 0.700. The molecule has 8 nitrogen and oxygen atoms in total. The number of hydrogen-bond donors (Lipinski definition) is 3. The molecule has 0 fully saturated rings. The normalized spacial score (nSPS) is 18.2. The van der Waals surface area contributed by atoms with Gasteiger partial charge in [0.05, 0.1) is 32.7 Å². The van der Waals surface area contributed by atoms with Crippen molar-refractivity contribution in [3.8, 4) is 11.5 Å². The first-order valence-corrected chi connectivity index (χ1v) is 13.9. The van der Waals surface area contributed by atoms with E-state index in [4.69, 9.17) is 24.7 Å². The van der Waals surface area contributed by atoms with E-state index in [0.717, 1.165) is 24.2 Å². The summed E-state index contributed by atoms with van der Waals surface area (Å²) in [6.07, 6.45) is 5.47. The van der Waals surface area contributed by atoms with E-state index < -0.39 is 12.1 Å². The van der Waals surface area contributed by atoms with Crippen LogP contribution in [0.15, 0.2) is 30.5 Å². The molecule has 0 saturated heterocycles. The molecule has 0 saturated carbocycles. The molecule has 0 bridgehead atoms. The number of methoxy groups -OCH3 is 2. The number of rotatable bonds is 18. The van der Waals surface area contributed by atoms with Gasteiger partial charge in [-0.25, -0.2) is 0 Å². The van der Waals surface area contributed by atoms with Crippen molar-refractivity contribution in [1.29, 1.82) is 0 Å². The van der Waals surface area contributed by atoms with Crippen LogP contribution in [0.5, 0.6) is 11.5 Å². The van der Waals surface area contributed by atoms with Gasteiger partial charge in [0.15, 0.2) is 11.5 Å². The predicted molar refractivity (Wildman–Crippen MR) is 150 cm³/mol. The summed E-state index contributed by atoms with van der Waals surface area (Å²) in [6, 6.07) is 5.60. The molecule has 0 radical (unpaired) electrons. The van der Waals surface area contributed by atoms with E-state index in [-0.39, 0.29) is 29.6 Å². The van der Waals surface area contributed by atoms with E-state index >= 15 is 0 Å². The summed E-state index contributed by atoms with van der Waals surface area (Å²) >= 11 is 0. The Morgan fingerprint density at radius 1 is 1.13 bits per heavy atom. The number of aliphatic hydroxyl groups excluding tert-OH is 1. The van der Waals surface area contributed by atoms with Gasteiger partial charge in [0.2, 0.25) is 5.91 Å². The first-order chi connectivity index (χ1) is 18.2. The average molecular weight is 535 g/mol. The zero-order valence-corrected chi connectivity index (χ0v) is 24.2. The van der Waals surface area contributed by atoms with Crippen LogP contribution in [-0.2, 0) is 20.7 Å². The van der Waals surface area contributed by atoms with Gasteiger partial charge in [-0.2, -0.15) is 0 Å². The average Bonchev–Trinajstić information content (AvgIpc) is 3.41. The lowest BCUT2D eigenvalue weighted by Gasteiger charge is -2.30. The highest BCUT2D eigenvalue weighted by molar-refractivity contribution is 5.79. The maximum absolute atomic E-state index is 12.9. The van der Waals surface area contributed by atoms with Gasteiger partial charge in [-0.05, 0) is 60.8 Å². The minimum Gasteiger partial charge on any atom is -0.501 e. The Morgan fingerprint density at radius 2 is 1.89 bits per heavy atom. The van der Waals surface area contributed by atoms with Crippen molar-refractivity contribution in [2.75, 3.05) is 40.6 Å². The van der Waals surface area contributed by atoms with Crippen LogP contribution in [-0.4, -0.2) is 63.7 Å². The topological polar surface area (TPSA) is 112 Å². The number of carbonyl (C=O) groups is 1. The molecule has 38 heavy (non-hydrogen) atoms. The van der Waals surface area contributed by atoms with E-state index in [0.29, 0.717) is 50.9 Å². The highest BCUT2D eigenvalue weighted by atomic mass is 16.5. The molecule has 8 heteroatoms. The zero-order chi connectivity index (χ0) is 28.1. The molecule has 1 aliphatic rings. The molecule has 1 aromatic carbocycles. The summed E-state index contributed by atoms with van der Waals surface area (Å²) < 4.78 is 21.8. The van der Waals surface area contributed by atoms with Crippen molar-refractivity contribution in [3.05, 3.63) is 36.1 Å². The first-order valence-electron chi connectivity index (χ1n) is 13.9. The van der Waals surface area contributed by atoms with Crippen LogP contribution in [0, 0.1) is 29.6 Å². The van der Waals surface area contributed by atoms with Gasteiger partial charge >= 0.3 is 0 Å². The monoisotopic (exact) mass is 534 g/mol. The van der Waals surface area contributed by atoms with Gasteiger partial charge in [-0.3, -0.25) is 4.79 Å². The van der Waals surface area contributed by atoms with Crippen molar-refractivity contribution < 1.29 is 28.8 Å². The molecule has 1 amide bonds. The van der Waals surface area contributed by atoms with Crippen molar-refractivity contribution in [2.45, 2.75) is 65.5 Å². The summed E-state index contributed by atoms with van der Waals surface area (Å²) in [5.74, 6) is 1.99. The Hall–Kier alpha value is -2.29. The fourth-order valence-corrected chi connectivity index (χ4v) is 4.75. The summed E-state index contributed by atoms with van der Waals surface area (Å²) in [7, 11) is 3.32. The van der Waals surface area contributed by atoms with E-state index in [1.165, 1.54) is 0 Å². The van der Waals surface area contributed by atoms with Gasteiger partial charge in [0, 0.05) is 44.6 Å². The van der Waals surface area contributed by atoms with Crippen LogP contribution in [0.4, 0.5) is 0 Å². The summed E-state index contributed by atoms with van der Waals surface area (Å²) in [4.78, 5) is 12.9. The lowest BCUT2D eigenvalue weighted by molar-refractivity contribution is -0.127. The minimum absolute atomic E-state index is 0.0387. The smallest absolute Gasteiger partial charge is 0.223 e. The lowest BCUT2D eigenvalue weighted by Crippen LogP contribution is -2.43. The van der Waals surface area contributed by atoms with Gasteiger partial charge in [0.25, 0.3) is 0 Å². The number of nitrogens with two attached hydrogens (primary N) is 1. The number of nitrogens with one attached hydrogen (secondary N) is 1. The number of aliphatic hydroxyl groups is 1. The highest BCUT2D eigenvalue weighted by Gasteiger charge is 2.30. The molecule has 2 rings (SSSR count). The number of amides is 1. The maximum Gasteiger partial charge on any atom is 0.223 e. The third-order valence-electron chi connectivity index (χ3n) is 7.42. The molecule has 1 unspecified atom stereocenters. The standard InChI is InChI=1S/C30H50N2O6/c1-20(2)24(14-22-8-9-28(36-6)29(15-22)38-12-7-11-35-5)16-26(31)27(33)17-25(21(3)4)30(34)32-18-23-10-13-37-19-23/h8-10,13,15,20-21,23-27,33H,7,11-12,14,16-19,31H2,1-6H3,(H,32,34)/t23?,24-,25-,26-,27-/m0/s1. The Morgan fingerprint density at radius 3 is 2.50 bits per heavy atom. The van der Waals surface area contributed by atoms with E-state index in [1.807, 2.05) is 32.1 Å². The molecule has 0 aliphatic carbocycles. The van der Waals surface area contributed by atoms with Gasteiger partial charge in [0.1, 0.15) is 0 Å². The van der Waals surface area contributed by atoms with Crippen molar-refractivity contribution in [2.24, 2.45) is 35.3 Å². The number of carbonyl (C=O) groups excluding carboxylic acids is 1. The largest absolute Gasteiger partial charge is 0.501 e. The molecule has 5 atom stereocenters. The predicted octanol–water partition coefficient (Wildman–Crippen LogP) is 3.94. The first kappa shape index (κ1) is 31.9. The van der Waals surface area contributed by atoms with Gasteiger partial charge in [-0.1, -0.05) is 33.8 Å². The molecule has 1 heterocycles. The number of benzene rings is 1. The quantitative estimate of drug-likeness (QED) is 0.245. The molecule has 1 aromatic rings. The maximum atomic E-state index is 12.9. The third kappa shape index (κ3) is 10.5. The van der Waals surface area contributed by atoms with Crippen LogP contribution < -0.4 is 20.5 Å². The summed E-state index contributed by atoms with van der Waals surface area (Å²) in [5, 5.41) is 14.1. The zero-order valence-electron chi connectivity index (χ0n) is 24.2. The van der Waals surface area contributed by atoms with Crippen molar-refractivity contribution in [1.82, 2.24) is 5.32 Å². The highest BCUT2D eigenvalue weighted by Crippen LogP contribution is 2.31. The molecule has 0 aromatic heterocycles. The Kier molecular flexibility index (Phi) is 14.0. The van der Waals surface area contributed by atoms with Crippen molar-refractivity contribution >= 4 is 5.91 Å². The SMILES string of the molecule is COCCCOc1cc(C[C@@H](C[C@H](N)[C@@H](O)C[C@H](C(=O)NCC2C=COC2)C(C)C)C(C)C)ccc1OC. The summed E-state index contributed by atoms with van der Waals surface area (Å²) in [5.41, 5.74) is 7.67. The molecular formula is C30H50N2O6. The van der Waals surface area contributed by atoms with E-state index in [9.17, 15) is 9.90 Å². The summed E-state index contributed by atoms with van der Waals surface area (Å²) in [6.45, 7) is 10.7. The fourth-order valence-electron chi connectivity index (χ4n) is 4.75. The number of hydrogen-bond acceptors (Lipinski definition) is 7. The van der Waals surface area contributed by atoms with Crippen LogP contribution >= 0.6 is 0 Å². The van der Waals surface area contributed by atoms with Gasteiger partial charge < -0.3 is 35.1 Å². The Bertz CT molecular complexity index is 859. The molecule has 4 N–H and O–H groups in total. The number of ether oxygens (including phenoxy) is 4. The molecular weight excluding hydrogens is 484 g/mol. The Balaban J connectivity index is 1.98.